The third-order valence-electron chi connectivity index (χ3n) is 5.75. The van der Waals surface area contributed by atoms with Gasteiger partial charge in [-0.05, 0) is 54.4 Å². The van der Waals surface area contributed by atoms with Crippen LogP contribution in [0.1, 0.15) is 43.9 Å². The topological polar surface area (TPSA) is 30.9 Å². The van der Waals surface area contributed by atoms with E-state index in [9.17, 15) is 4.39 Å². The first-order valence-electron chi connectivity index (χ1n) is 9.73. The second-order valence-electron chi connectivity index (χ2n) is 7.89. The summed E-state index contributed by atoms with van der Waals surface area (Å²) in [5, 5.41) is 0. The van der Waals surface area contributed by atoms with Crippen LogP contribution in [0.4, 0.5) is 4.39 Å². The average Bonchev–Trinajstić information content (AvgIpc) is 2.64. The van der Waals surface area contributed by atoms with Crippen LogP contribution in [-0.4, -0.2) is 51.6 Å². The second-order valence-corrected chi connectivity index (χ2v) is 7.89. The highest BCUT2D eigenvalue weighted by molar-refractivity contribution is 5.49. The Morgan fingerprint density at radius 1 is 1.19 bits per heavy atom. The molecule has 26 heavy (non-hydrogen) atoms. The van der Waals surface area contributed by atoms with Crippen molar-refractivity contribution < 1.29 is 18.6 Å². The molecule has 3 rings (SSSR count). The SMILES string of the molecule is COc1cc2c(cc1OC)[C@H]1C[C@@H](OCCF)[C@H](CC(C)C)CN1CC2. The molecule has 1 fully saturated rings. The molecule has 2 aliphatic rings. The number of piperidine rings is 1. The number of methoxy groups -OCH3 is 2. The highest BCUT2D eigenvalue weighted by atomic mass is 19.1. The first-order chi connectivity index (χ1) is 12.6. The molecule has 2 aliphatic heterocycles. The van der Waals surface area contributed by atoms with E-state index in [4.69, 9.17) is 14.2 Å². The number of halogens is 1. The number of hydrogen-bond acceptors (Lipinski definition) is 4. The molecular formula is C21H32FNO3. The van der Waals surface area contributed by atoms with Crippen molar-refractivity contribution in [3.8, 4) is 11.5 Å². The Hall–Kier alpha value is -1.33. The van der Waals surface area contributed by atoms with Crippen molar-refractivity contribution in [3.63, 3.8) is 0 Å². The van der Waals surface area contributed by atoms with Gasteiger partial charge in [0.05, 0.1) is 26.9 Å². The lowest BCUT2D eigenvalue weighted by molar-refractivity contribution is -0.0664. The Labute approximate surface area is 156 Å². The summed E-state index contributed by atoms with van der Waals surface area (Å²) in [6.07, 6.45) is 3.18. The molecule has 0 unspecified atom stereocenters. The van der Waals surface area contributed by atoms with Gasteiger partial charge in [-0.2, -0.15) is 0 Å². The van der Waals surface area contributed by atoms with Crippen LogP contribution in [0.15, 0.2) is 12.1 Å². The summed E-state index contributed by atoms with van der Waals surface area (Å²) < 4.78 is 29.7. The van der Waals surface area contributed by atoms with E-state index < -0.39 is 6.67 Å². The molecule has 0 saturated carbocycles. The van der Waals surface area contributed by atoms with E-state index in [0.717, 1.165) is 43.9 Å². The number of benzene rings is 1. The molecule has 0 aromatic heterocycles. The van der Waals surface area contributed by atoms with Gasteiger partial charge in [0.1, 0.15) is 6.67 Å². The Bertz CT molecular complexity index is 607. The van der Waals surface area contributed by atoms with Gasteiger partial charge in [-0.25, -0.2) is 4.39 Å². The molecule has 0 aliphatic carbocycles. The van der Waals surface area contributed by atoms with Crippen molar-refractivity contribution in [2.75, 3.05) is 40.6 Å². The molecule has 0 amide bonds. The van der Waals surface area contributed by atoms with E-state index >= 15 is 0 Å². The maximum Gasteiger partial charge on any atom is 0.161 e. The van der Waals surface area contributed by atoms with E-state index in [2.05, 4.69) is 30.9 Å². The molecule has 4 nitrogen and oxygen atoms in total. The fraction of sp³-hybridized carbons (Fsp3) is 0.714. The molecule has 0 radical (unpaired) electrons. The van der Waals surface area contributed by atoms with E-state index in [0.29, 0.717) is 17.9 Å². The summed E-state index contributed by atoms with van der Waals surface area (Å²) in [6.45, 7) is 6.36. The van der Waals surface area contributed by atoms with Crippen molar-refractivity contribution in [2.24, 2.45) is 11.8 Å². The van der Waals surface area contributed by atoms with Crippen LogP contribution in [0.2, 0.25) is 0 Å². The normalized spacial score (nSPS) is 25.7. The zero-order valence-corrected chi connectivity index (χ0v) is 16.5. The van der Waals surface area contributed by atoms with Crippen molar-refractivity contribution in [1.29, 1.82) is 0 Å². The molecule has 146 valence electrons. The van der Waals surface area contributed by atoms with Crippen molar-refractivity contribution in [1.82, 2.24) is 4.90 Å². The van der Waals surface area contributed by atoms with Gasteiger partial charge in [-0.1, -0.05) is 13.8 Å². The molecule has 3 atom stereocenters. The van der Waals surface area contributed by atoms with Crippen LogP contribution >= 0.6 is 0 Å². The maximum atomic E-state index is 12.7. The van der Waals surface area contributed by atoms with Gasteiger partial charge in [0, 0.05) is 19.1 Å². The molecule has 0 N–H and O–H groups in total. The van der Waals surface area contributed by atoms with Crippen LogP contribution in [-0.2, 0) is 11.2 Å². The summed E-state index contributed by atoms with van der Waals surface area (Å²) in [4.78, 5) is 2.58. The fourth-order valence-corrected chi connectivity index (χ4v) is 4.64. The second kappa shape index (κ2) is 8.57. The molecule has 0 spiro atoms. The smallest absolute Gasteiger partial charge is 0.161 e. The monoisotopic (exact) mass is 365 g/mol. The average molecular weight is 365 g/mol. The third-order valence-corrected chi connectivity index (χ3v) is 5.75. The standard InChI is InChI=1S/C21H32FNO3/c1-14(2)9-16-13-23-7-5-15-10-20(24-3)21(25-4)11-17(15)18(23)12-19(16)26-8-6-22/h10-11,14,16,18-19H,5-9,12-13H2,1-4H3/t16-,18-,19-/m1/s1. The van der Waals surface area contributed by atoms with Crippen LogP contribution in [0.25, 0.3) is 0 Å². The minimum absolute atomic E-state index is 0.119. The predicted molar refractivity (Wildman–Crippen MR) is 101 cm³/mol. The van der Waals surface area contributed by atoms with Crippen LogP contribution < -0.4 is 9.47 Å². The number of ether oxygens (including phenoxy) is 3. The number of nitrogens with zero attached hydrogens (tertiary/aromatic N) is 1. The first kappa shape index (κ1) is 19.4. The lowest BCUT2D eigenvalue weighted by atomic mass is 9.79. The van der Waals surface area contributed by atoms with Gasteiger partial charge in [0.15, 0.2) is 11.5 Å². The Balaban J connectivity index is 1.87. The predicted octanol–water partition coefficient (Wildman–Crippen LogP) is 4.02. The third kappa shape index (κ3) is 3.99. The van der Waals surface area contributed by atoms with Gasteiger partial charge >= 0.3 is 0 Å². The molecule has 0 bridgehead atoms. The van der Waals surface area contributed by atoms with Crippen molar-refractivity contribution in [3.05, 3.63) is 23.3 Å². The summed E-state index contributed by atoms with van der Waals surface area (Å²) >= 11 is 0. The molecular weight excluding hydrogens is 333 g/mol. The fourth-order valence-electron chi connectivity index (χ4n) is 4.64. The summed E-state index contributed by atoms with van der Waals surface area (Å²) in [6, 6.07) is 4.55. The highest BCUT2D eigenvalue weighted by Crippen LogP contribution is 2.44. The number of fused-ring (bicyclic) bond motifs is 3. The molecule has 1 aromatic carbocycles. The van der Waals surface area contributed by atoms with Crippen LogP contribution in [0.3, 0.4) is 0 Å². The number of rotatable bonds is 7. The minimum atomic E-state index is -0.416. The minimum Gasteiger partial charge on any atom is -0.493 e. The maximum absolute atomic E-state index is 12.7. The summed E-state index contributed by atoms with van der Waals surface area (Å²) in [5.74, 6) is 2.66. The zero-order chi connectivity index (χ0) is 18.7. The quantitative estimate of drug-likeness (QED) is 0.730. The van der Waals surface area contributed by atoms with E-state index in [1.54, 1.807) is 14.2 Å². The number of alkyl halides is 1. The van der Waals surface area contributed by atoms with E-state index in [1.165, 1.54) is 11.1 Å². The molecule has 1 saturated heterocycles. The van der Waals surface area contributed by atoms with Gasteiger partial charge in [-0.3, -0.25) is 4.90 Å². The zero-order valence-electron chi connectivity index (χ0n) is 16.5. The van der Waals surface area contributed by atoms with Crippen molar-refractivity contribution >= 4 is 0 Å². The van der Waals surface area contributed by atoms with E-state index in [-0.39, 0.29) is 12.7 Å². The van der Waals surface area contributed by atoms with Gasteiger partial charge in [0.25, 0.3) is 0 Å². The van der Waals surface area contributed by atoms with E-state index in [1.807, 2.05) is 0 Å². The Morgan fingerprint density at radius 2 is 1.92 bits per heavy atom. The van der Waals surface area contributed by atoms with Crippen LogP contribution in [0.5, 0.6) is 11.5 Å². The first-order valence-corrected chi connectivity index (χ1v) is 9.73. The molecule has 2 heterocycles. The Kier molecular flexibility index (Phi) is 6.41. The highest BCUT2D eigenvalue weighted by Gasteiger charge is 2.40. The summed E-state index contributed by atoms with van der Waals surface area (Å²) in [7, 11) is 3.36. The number of hydrogen-bond donors (Lipinski definition) is 0. The van der Waals surface area contributed by atoms with Crippen molar-refractivity contribution in [2.45, 2.75) is 45.3 Å². The molecule has 5 heteroatoms. The largest absolute Gasteiger partial charge is 0.493 e. The Morgan fingerprint density at radius 3 is 2.58 bits per heavy atom. The lowest BCUT2D eigenvalue weighted by Gasteiger charge is -2.47. The lowest BCUT2D eigenvalue weighted by Crippen LogP contribution is -2.49. The van der Waals surface area contributed by atoms with Gasteiger partial charge < -0.3 is 14.2 Å². The van der Waals surface area contributed by atoms with Gasteiger partial charge in [-0.15, -0.1) is 0 Å². The summed E-state index contributed by atoms with van der Waals surface area (Å²) in [5.41, 5.74) is 2.64. The molecule has 1 aromatic rings. The van der Waals surface area contributed by atoms with Crippen LogP contribution in [0, 0.1) is 11.8 Å². The van der Waals surface area contributed by atoms with Gasteiger partial charge in [0.2, 0.25) is 0 Å².